The monoisotopic (exact) mass is 750 g/mol. The topological polar surface area (TPSA) is 170 Å². The average molecular weight is 751 g/mol. The number of anilines is 2. The van der Waals surface area contributed by atoms with Crippen molar-refractivity contribution >= 4 is 68.0 Å². The minimum Gasteiger partial charge on any atom is -0.338 e. The molecule has 6 aromatic carbocycles. The second-order valence-corrected chi connectivity index (χ2v) is 14.5. The minimum atomic E-state index is -4.56. The van der Waals surface area contributed by atoms with E-state index in [4.69, 9.17) is 9.97 Å². The van der Waals surface area contributed by atoms with Gasteiger partial charge in [0.25, 0.3) is 21.9 Å². The normalized spacial score (nSPS) is 11.5. The molecule has 0 saturated carbocycles. The lowest BCUT2D eigenvalue weighted by Gasteiger charge is -2.08. The van der Waals surface area contributed by atoms with Crippen molar-refractivity contribution in [2.45, 2.75) is 16.2 Å². The van der Waals surface area contributed by atoms with E-state index in [-0.39, 0.29) is 11.5 Å². The number of thiol groups is 1. The molecule has 54 heavy (non-hydrogen) atoms. The lowest BCUT2D eigenvalue weighted by atomic mass is 10.0. The molecule has 0 bridgehead atoms. The third-order valence-electron chi connectivity index (χ3n) is 8.89. The summed E-state index contributed by atoms with van der Waals surface area (Å²) in [5.41, 5.74) is 8.80. The Labute approximate surface area is 314 Å². The zero-order valence-electron chi connectivity index (χ0n) is 28.2. The van der Waals surface area contributed by atoms with Crippen LogP contribution in [0.1, 0.15) is 31.8 Å². The Bertz CT molecular complexity index is 2830. The first-order valence-electron chi connectivity index (χ1n) is 16.7. The molecule has 2 amide bonds. The molecule has 266 valence electrons. The predicted molar refractivity (Wildman–Crippen MR) is 212 cm³/mol. The molecule has 2 aromatic heterocycles. The number of H-pyrrole nitrogens is 2. The van der Waals surface area contributed by atoms with Crippen molar-refractivity contribution < 1.29 is 22.6 Å². The number of nitrogens with zero attached hydrogens (tertiary/aromatic N) is 2. The van der Waals surface area contributed by atoms with Gasteiger partial charge in [0.1, 0.15) is 16.5 Å². The zero-order valence-corrected chi connectivity index (χ0v) is 29.9. The lowest BCUT2D eigenvalue weighted by Crippen LogP contribution is -2.16. The molecule has 0 fully saturated rings. The molecule has 8 aromatic rings. The fraction of sp³-hybridized carbons (Fsp3) is 0.0244. The summed E-state index contributed by atoms with van der Waals surface area (Å²) in [4.78, 5) is 42.0. The lowest BCUT2D eigenvalue weighted by molar-refractivity contribution is 0.101. The summed E-state index contributed by atoms with van der Waals surface area (Å²) in [6.45, 7) is 0. The van der Waals surface area contributed by atoms with Crippen molar-refractivity contribution in [1.82, 2.24) is 19.9 Å². The second kappa shape index (κ2) is 14.1. The molecule has 0 aliphatic carbocycles. The Kier molecular flexibility index (Phi) is 9.03. The van der Waals surface area contributed by atoms with Gasteiger partial charge in [0.05, 0.1) is 33.2 Å². The van der Waals surface area contributed by atoms with Gasteiger partial charge >= 0.3 is 0 Å². The quantitative estimate of drug-likeness (QED) is 0.0636. The summed E-state index contributed by atoms with van der Waals surface area (Å²) in [7, 11) is -4.56. The van der Waals surface area contributed by atoms with Gasteiger partial charge in [-0.25, -0.2) is 9.97 Å². The van der Waals surface area contributed by atoms with E-state index in [1.807, 2.05) is 48.5 Å². The van der Waals surface area contributed by atoms with Crippen LogP contribution in [0.4, 0.5) is 11.4 Å². The van der Waals surface area contributed by atoms with Crippen molar-refractivity contribution in [1.29, 1.82) is 0 Å². The third-order valence-corrected chi connectivity index (χ3v) is 10.2. The van der Waals surface area contributed by atoms with Gasteiger partial charge in [-0.3, -0.25) is 14.1 Å². The maximum Gasteiger partial charge on any atom is 0.295 e. The smallest absolute Gasteiger partial charge is 0.295 e. The fourth-order valence-electron chi connectivity index (χ4n) is 6.21. The number of aromatic amines is 2. The number of hydrogen-bond acceptors (Lipinski definition) is 7. The number of hydrogen-bond donors (Lipinski definition) is 6. The van der Waals surface area contributed by atoms with Crippen LogP contribution in [-0.4, -0.2) is 44.7 Å². The van der Waals surface area contributed by atoms with Crippen LogP contribution in [0.15, 0.2) is 143 Å². The molecule has 0 aliphatic heterocycles. The number of nitrogens with one attached hydrogen (secondary N) is 4. The highest BCUT2D eigenvalue weighted by Gasteiger charge is 2.20. The Morgan fingerprint density at radius 2 is 1.07 bits per heavy atom. The van der Waals surface area contributed by atoms with E-state index in [1.54, 1.807) is 42.5 Å². The van der Waals surface area contributed by atoms with Crippen LogP contribution in [0.3, 0.4) is 0 Å². The third kappa shape index (κ3) is 7.23. The molecule has 0 atom stereocenters. The summed E-state index contributed by atoms with van der Waals surface area (Å²) >= 11 is 4.38. The Hall–Kier alpha value is -6.54. The Balaban J connectivity index is 0.936. The van der Waals surface area contributed by atoms with Crippen LogP contribution in [0.25, 0.3) is 44.8 Å². The molecular formula is C41H30N6O5S2. The van der Waals surface area contributed by atoms with Gasteiger partial charge in [0, 0.05) is 27.4 Å². The molecular weight excluding hydrogens is 721 g/mol. The van der Waals surface area contributed by atoms with Gasteiger partial charge < -0.3 is 20.6 Å². The van der Waals surface area contributed by atoms with Crippen LogP contribution < -0.4 is 10.6 Å². The van der Waals surface area contributed by atoms with Gasteiger partial charge in [-0.15, -0.1) is 12.6 Å². The molecule has 0 radical (unpaired) electrons. The van der Waals surface area contributed by atoms with Gasteiger partial charge in [0.15, 0.2) is 0 Å². The highest BCUT2D eigenvalue weighted by Crippen LogP contribution is 2.27. The van der Waals surface area contributed by atoms with Crippen LogP contribution in [0.2, 0.25) is 0 Å². The number of carbonyl (C=O) groups is 2. The summed E-state index contributed by atoms with van der Waals surface area (Å²) < 4.78 is 32.9. The number of benzene rings is 6. The van der Waals surface area contributed by atoms with Crippen molar-refractivity contribution in [2.24, 2.45) is 0 Å². The Morgan fingerprint density at radius 1 is 0.611 bits per heavy atom. The molecule has 11 nitrogen and oxygen atoms in total. The molecule has 5 N–H and O–H groups in total. The highest BCUT2D eigenvalue weighted by atomic mass is 32.2. The van der Waals surface area contributed by atoms with E-state index in [9.17, 15) is 22.6 Å². The molecule has 2 heterocycles. The van der Waals surface area contributed by atoms with Gasteiger partial charge in [0.2, 0.25) is 0 Å². The SMILES string of the molecule is O=C(Nc1ccc(-c2nc3ccc(Cc4ccc5nc(-c6ccc(NC(=O)c7ccccc7S(=O)(=O)O)cc6)[nH]c5c4)cc3[nH]2)cc1)c1ccccc1S. The largest absolute Gasteiger partial charge is 0.338 e. The van der Waals surface area contributed by atoms with Crippen molar-refractivity contribution in [3.05, 3.63) is 156 Å². The van der Waals surface area contributed by atoms with Gasteiger partial charge in [-0.1, -0.05) is 36.4 Å². The molecule has 0 unspecified atom stereocenters. The van der Waals surface area contributed by atoms with Crippen LogP contribution in [0.5, 0.6) is 0 Å². The van der Waals surface area contributed by atoms with Gasteiger partial charge in [-0.2, -0.15) is 8.42 Å². The van der Waals surface area contributed by atoms with E-state index in [0.717, 1.165) is 50.1 Å². The van der Waals surface area contributed by atoms with E-state index in [0.29, 0.717) is 34.1 Å². The van der Waals surface area contributed by atoms with Crippen molar-refractivity contribution in [3.63, 3.8) is 0 Å². The second-order valence-electron chi connectivity index (χ2n) is 12.6. The number of rotatable bonds is 9. The molecule has 8 rings (SSSR count). The Morgan fingerprint density at radius 3 is 1.57 bits per heavy atom. The molecule has 0 aliphatic rings. The zero-order chi connectivity index (χ0) is 37.4. The van der Waals surface area contributed by atoms with Crippen LogP contribution in [-0.2, 0) is 16.5 Å². The molecule has 0 saturated heterocycles. The maximum atomic E-state index is 12.8. The average Bonchev–Trinajstić information content (AvgIpc) is 3.79. The first-order chi connectivity index (χ1) is 26.1. The van der Waals surface area contributed by atoms with Crippen LogP contribution in [0, 0.1) is 0 Å². The van der Waals surface area contributed by atoms with Crippen molar-refractivity contribution in [3.8, 4) is 22.8 Å². The summed E-state index contributed by atoms with van der Waals surface area (Å²) in [5, 5.41) is 5.59. The number of aromatic nitrogens is 4. The van der Waals surface area contributed by atoms with E-state index in [1.165, 1.54) is 24.3 Å². The summed E-state index contributed by atoms with van der Waals surface area (Å²) in [6, 6.07) is 39.4. The highest BCUT2D eigenvalue weighted by molar-refractivity contribution is 7.86. The summed E-state index contributed by atoms with van der Waals surface area (Å²) in [5.74, 6) is 0.496. The number of fused-ring (bicyclic) bond motifs is 2. The standard InChI is InChI=1S/C41H30N6O5S2/c48-40(30-5-1-3-7-36(30)53)42-28-15-11-26(12-16-28)38-44-32-19-9-24(22-34(32)46-38)21-25-10-20-33-35(23-25)47-39(45-33)27-13-17-29(18-14-27)43-41(49)31-6-2-4-8-37(31)54(50,51)52/h1-20,22-23,53H,21H2,(H,42,48)(H,43,49)(H,44,46)(H,45,47)(H,50,51,52). The first kappa shape index (κ1) is 34.5. The number of imidazole rings is 2. The fourth-order valence-corrected chi connectivity index (χ4v) is 7.16. The van der Waals surface area contributed by atoms with Gasteiger partial charge in [-0.05, 0) is 115 Å². The summed E-state index contributed by atoms with van der Waals surface area (Å²) in [6.07, 6.45) is 0.688. The molecule has 13 heteroatoms. The predicted octanol–water partition coefficient (Wildman–Crippen LogP) is 8.40. The minimum absolute atomic E-state index is 0.158. The maximum absolute atomic E-state index is 12.8. The van der Waals surface area contributed by atoms with Crippen LogP contribution >= 0.6 is 12.6 Å². The first-order valence-corrected chi connectivity index (χ1v) is 18.6. The van der Waals surface area contributed by atoms with E-state index in [2.05, 4.69) is 51.4 Å². The number of amides is 2. The number of carbonyl (C=O) groups excluding carboxylic acids is 2. The van der Waals surface area contributed by atoms with Crippen molar-refractivity contribution in [2.75, 3.05) is 10.6 Å². The molecule has 0 spiro atoms. The van der Waals surface area contributed by atoms with E-state index < -0.39 is 20.9 Å². The van der Waals surface area contributed by atoms with E-state index >= 15 is 0 Å².